The molecule has 0 bridgehead atoms. The second-order valence-electron chi connectivity index (χ2n) is 5.09. The number of rotatable bonds is 2. The first-order valence-corrected chi connectivity index (χ1v) is 6.77. The molecule has 0 saturated heterocycles. The van der Waals surface area contributed by atoms with Crippen LogP contribution in [0, 0.1) is 0 Å². The summed E-state index contributed by atoms with van der Waals surface area (Å²) in [4.78, 5) is 27.8. The van der Waals surface area contributed by atoms with Gasteiger partial charge in [-0.25, -0.2) is 4.98 Å². The number of halogens is 3. The van der Waals surface area contributed by atoms with Gasteiger partial charge in [-0.1, -0.05) is 0 Å². The van der Waals surface area contributed by atoms with Crippen molar-refractivity contribution in [3.05, 3.63) is 65.0 Å². The predicted octanol–water partition coefficient (Wildman–Crippen LogP) is 3.07. The smallest absolute Gasteiger partial charge is 0.395 e. The topological polar surface area (TPSA) is 85.1 Å². The van der Waals surface area contributed by atoms with Crippen LogP contribution in [0.2, 0.25) is 0 Å². The summed E-state index contributed by atoms with van der Waals surface area (Å²) >= 11 is 0. The van der Waals surface area contributed by atoms with Gasteiger partial charge in [0.2, 0.25) is 5.78 Å². The van der Waals surface area contributed by atoms with Gasteiger partial charge in [-0.2, -0.15) is 13.2 Å². The molecule has 5 nitrogen and oxygen atoms in total. The first-order chi connectivity index (χ1) is 11.3. The third kappa shape index (κ3) is 2.85. The van der Waals surface area contributed by atoms with E-state index < -0.39 is 23.3 Å². The van der Waals surface area contributed by atoms with E-state index in [0.717, 1.165) is 18.2 Å². The minimum atomic E-state index is -4.42. The maximum Gasteiger partial charge on any atom is 0.416 e. The number of allylic oxidation sites excluding steroid dienone is 2. The monoisotopic (exact) mass is 333 g/mol. The van der Waals surface area contributed by atoms with Crippen molar-refractivity contribution < 1.29 is 22.8 Å². The van der Waals surface area contributed by atoms with E-state index in [-0.39, 0.29) is 22.8 Å². The molecule has 1 aromatic carbocycles. The minimum absolute atomic E-state index is 0.0862. The fraction of sp³-hybridized carbons (Fsp3) is 0.0625. The molecule has 0 radical (unpaired) electrons. The molecule has 122 valence electrons. The molecule has 8 heteroatoms. The highest BCUT2D eigenvalue weighted by Gasteiger charge is 2.30. The van der Waals surface area contributed by atoms with Crippen molar-refractivity contribution in [3.8, 4) is 0 Å². The molecule has 1 heterocycles. The zero-order chi connectivity index (χ0) is 17.5. The minimum Gasteiger partial charge on any atom is -0.395 e. The lowest BCUT2D eigenvalue weighted by molar-refractivity contribution is -0.137. The Balaban J connectivity index is 1.88. The van der Waals surface area contributed by atoms with Gasteiger partial charge < -0.3 is 11.1 Å². The summed E-state index contributed by atoms with van der Waals surface area (Å²) in [5.41, 5.74) is 4.89. The summed E-state index contributed by atoms with van der Waals surface area (Å²) < 4.78 is 37.6. The second kappa shape index (κ2) is 5.48. The van der Waals surface area contributed by atoms with Crippen LogP contribution in [0.25, 0.3) is 0 Å². The summed E-state index contributed by atoms with van der Waals surface area (Å²) in [6.45, 7) is 0. The van der Waals surface area contributed by atoms with E-state index in [9.17, 15) is 22.8 Å². The number of carbonyl (C=O) groups is 2. The van der Waals surface area contributed by atoms with Gasteiger partial charge in [-0.3, -0.25) is 9.59 Å². The number of pyridine rings is 1. The standard InChI is InChI=1S/C16H10F3N3O2/c17-16(18,19)8-1-3-9(4-2-8)21-13-6-5-10-12(23)7-11(20)15(24)14(10)22-13/h1-7H,20H2,(H,21,22). The van der Waals surface area contributed by atoms with Crippen LogP contribution < -0.4 is 11.1 Å². The predicted molar refractivity (Wildman–Crippen MR) is 79.9 cm³/mol. The van der Waals surface area contributed by atoms with Crippen LogP contribution in [-0.4, -0.2) is 16.6 Å². The SMILES string of the molecule is NC1=CC(=O)c2ccc(Nc3ccc(C(F)(F)F)cc3)nc2C1=O. The van der Waals surface area contributed by atoms with E-state index in [1.807, 2.05) is 0 Å². The number of hydrogen-bond acceptors (Lipinski definition) is 5. The number of nitrogens with zero attached hydrogens (tertiary/aromatic N) is 1. The molecule has 0 amide bonds. The van der Waals surface area contributed by atoms with Gasteiger partial charge >= 0.3 is 6.18 Å². The van der Waals surface area contributed by atoms with Crippen molar-refractivity contribution in [3.63, 3.8) is 0 Å². The quantitative estimate of drug-likeness (QED) is 0.882. The number of carbonyl (C=O) groups excluding carboxylic acids is 2. The van der Waals surface area contributed by atoms with Crippen molar-refractivity contribution in [1.82, 2.24) is 4.98 Å². The van der Waals surface area contributed by atoms with Crippen molar-refractivity contribution in [2.75, 3.05) is 5.32 Å². The second-order valence-corrected chi connectivity index (χ2v) is 5.09. The lowest BCUT2D eigenvalue weighted by atomic mass is 9.98. The zero-order valence-electron chi connectivity index (χ0n) is 12.0. The number of benzene rings is 1. The van der Waals surface area contributed by atoms with Gasteiger partial charge in [0.1, 0.15) is 11.5 Å². The third-order valence-corrected chi connectivity index (χ3v) is 3.41. The molecule has 0 fully saturated rings. The van der Waals surface area contributed by atoms with Crippen molar-refractivity contribution in [2.45, 2.75) is 6.18 Å². The van der Waals surface area contributed by atoms with E-state index in [1.165, 1.54) is 24.3 Å². The lowest BCUT2D eigenvalue weighted by Crippen LogP contribution is -2.23. The number of Topliss-reactive ketones (excluding diaryl/α,β-unsaturated/α-hetero) is 1. The van der Waals surface area contributed by atoms with Gasteiger partial charge in [-0.05, 0) is 36.4 Å². The highest BCUT2D eigenvalue weighted by Crippen LogP contribution is 2.30. The molecule has 3 N–H and O–H groups in total. The molecule has 3 rings (SSSR count). The number of ketones is 2. The Morgan fingerprint density at radius 2 is 1.67 bits per heavy atom. The molecule has 0 aliphatic heterocycles. The third-order valence-electron chi connectivity index (χ3n) is 3.41. The zero-order valence-corrected chi connectivity index (χ0v) is 12.0. The number of nitrogens with one attached hydrogen (secondary N) is 1. The number of fused-ring (bicyclic) bond motifs is 1. The molecular formula is C16H10F3N3O2. The Morgan fingerprint density at radius 1 is 1.00 bits per heavy atom. The van der Waals surface area contributed by atoms with Crippen molar-refractivity contribution >= 4 is 23.1 Å². The number of anilines is 2. The number of nitrogens with two attached hydrogens (primary N) is 1. The van der Waals surface area contributed by atoms with Crippen LogP contribution >= 0.6 is 0 Å². The number of hydrogen-bond donors (Lipinski definition) is 2. The Morgan fingerprint density at radius 3 is 2.29 bits per heavy atom. The maximum absolute atomic E-state index is 12.5. The summed E-state index contributed by atoms with van der Waals surface area (Å²) in [7, 11) is 0. The molecule has 1 aliphatic carbocycles. The molecule has 1 aliphatic rings. The van der Waals surface area contributed by atoms with E-state index in [2.05, 4.69) is 10.3 Å². The van der Waals surface area contributed by atoms with Gasteiger partial charge in [0, 0.05) is 11.8 Å². The summed E-state index contributed by atoms with van der Waals surface area (Å²) in [5, 5.41) is 2.78. The fourth-order valence-corrected chi connectivity index (χ4v) is 2.21. The highest BCUT2D eigenvalue weighted by molar-refractivity contribution is 6.23. The van der Waals surface area contributed by atoms with Crippen molar-refractivity contribution in [2.24, 2.45) is 5.73 Å². The summed E-state index contributed by atoms with van der Waals surface area (Å²) in [6.07, 6.45) is -3.38. The van der Waals surface area contributed by atoms with E-state index in [0.29, 0.717) is 5.69 Å². The molecular weight excluding hydrogens is 323 g/mol. The largest absolute Gasteiger partial charge is 0.416 e. The van der Waals surface area contributed by atoms with Gasteiger partial charge in [-0.15, -0.1) is 0 Å². The molecule has 0 spiro atoms. The lowest BCUT2D eigenvalue weighted by Gasteiger charge is -2.14. The first kappa shape index (κ1) is 15.7. The molecule has 0 unspecified atom stereocenters. The highest BCUT2D eigenvalue weighted by atomic mass is 19.4. The van der Waals surface area contributed by atoms with Crippen LogP contribution in [0.5, 0.6) is 0 Å². The van der Waals surface area contributed by atoms with Crippen LogP contribution in [0.15, 0.2) is 48.2 Å². The molecule has 1 aromatic heterocycles. The molecule has 0 atom stereocenters. The van der Waals surface area contributed by atoms with Crippen molar-refractivity contribution in [1.29, 1.82) is 0 Å². The normalized spacial score (nSPS) is 14.2. The summed E-state index contributed by atoms with van der Waals surface area (Å²) in [6, 6.07) is 7.21. The van der Waals surface area contributed by atoms with Crippen LogP contribution in [0.3, 0.4) is 0 Å². The Bertz CT molecular complexity index is 871. The fourth-order valence-electron chi connectivity index (χ4n) is 2.21. The maximum atomic E-state index is 12.5. The van der Waals surface area contributed by atoms with E-state index >= 15 is 0 Å². The van der Waals surface area contributed by atoms with Crippen LogP contribution in [0.1, 0.15) is 26.4 Å². The van der Waals surface area contributed by atoms with Crippen LogP contribution in [-0.2, 0) is 6.18 Å². The van der Waals surface area contributed by atoms with E-state index in [4.69, 9.17) is 5.73 Å². The first-order valence-electron chi connectivity index (χ1n) is 6.77. The summed E-state index contributed by atoms with van der Waals surface area (Å²) in [5.74, 6) is -0.777. The van der Waals surface area contributed by atoms with Gasteiger partial charge in [0.25, 0.3) is 0 Å². The average molecular weight is 333 g/mol. The van der Waals surface area contributed by atoms with Gasteiger partial charge in [0.15, 0.2) is 5.78 Å². The van der Waals surface area contributed by atoms with E-state index in [1.54, 1.807) is 0 Å². The Hall–Kier alpha value is -3.16. The number of aromatic nitrogens is 1. The van der Waals surface area contributed by atoms with Crippen LogP contribution in [0.4, 0.5) is 24.7 Å². The number of alkyl halides is 3. The molecule has 0 saturated carbocycles. The Labute approximate surface area is 134 Å². The molecule has 2 aromatic rings. The molecule has 24 heavy (non-hydrogen) atoms. The van der Waals surface area contributed by atoms with Gasteiger partial charge in [0.05, 0.1) is 16.8 Å². The average Bonchev–Trinajstić information content (AvgIpc) is 2.52. The Kier molecular flexibility index (Phi) is 3.59.